The van der Waals surface area contributed by atoms with Crippen LogP contribution < -0.4 is 4.90 Å². The summed E-state index contributed by atoms with van der Waals surface area (Å²) in [7, 11) is 3.40. The molecule has 0 bridgehead atoms. The van der Waals surface area contributed by atoms with E-state index in [-0.39, 0.29) is 11.8 Å². The second-order valence-corrected chi connectivity index (χ2v) is 8.77. The number of hydrogen-bond acceptors (Lipinski definition) is 4. The molecule has 2 heterocycles. The van der Waals surface area contributed by atoms with Gasteiger partial charge in [0, 0.05) is 43.5 Å². The Hall–Kier alpha value is -3.42. The predicted molar refractivity (Wildman–Crippen MR) is 118 cm³/mol. The normalized spacial score (nSPS) is 16.4. The number of hydrogen-bond donors (Lipinski definition) is 1. The number of aromatic nitrogens is 1. The minimum atomic E-state index is -1.11. The van der Waals surface area contributed by atoms with Crippen LogP contribution in [0.1, 0.15) is 37.6 Å². The van der Waals surface area contributed by atoms with Crippen LogP contribution in [0.25, 0.3) is 11.1 Å². The molecule has 2 aromatic rings. The van der Waals surface area contributed by atoms with Crippen LogP contribution in [0.3, 0.4) is 0 Å². The Morgan fingerprint density at radius 1 is 1.13 bits per heavy atom. The number of amides is 3. The van der Waals surface area contributed by atoms with E-state index < -0.39 is 17.7 Å². The molecule has 0 unspecified atom stereocenters. The summed E-state index contributed by atoms with van der Waals surface area (Å²) in [5.41, 5.74) is 1.40. The molecule has 0 aliphatic carbocycles. The van der Waals surface area contributed by atoms with Crippen molar-refractivity contribution < 1.29 is 19.5 Å². The van der Waals surface area contributed by atoms with E-state index in [4.69, 9.17) is 0 Å². The highest BCUT2D eigenvalue weighted by atomic mass is 16.4. The third-order valence-corrected chi connectivity index (χ3v) is 5.32. The SMILES string of the molecule is CN(C)C(=O)c1ccccc1-c1ccc(N2CC[C@H](N(C(=O)O)C(C)(C)C)C2=O)nc1. The first-order valence-corrected chi connectivity index (χ1v) is 10.1. The first-order chi connectivity index (χ1) is 14.5. The van der Waals surface area contributed by atoms with E-state index in [9.17, 15) is 19.5 Å². The van der Waals surface area contributed by atoms with Crippen molar-refractivity contribution in [2.45, 2.75) is 38.8 Å². The fraction of sp³-hybridized carbons (Fsp3) is 0.391. The van der Waals surface area contributed by atoms with Crippen molar-refractivity contribution in [2.75, 3.05) is 25.5 Å². The van der Waals surface area contributed by atoms with Crippen molar-refractivity contribution in [1.29, 1.82) is 0 Å². The fourth-order valence-electron chi connectivity index (χ4n) is 3.89. The van der Waals surface area contributed by atoms with Crippen LogP contribution in [0.15, 0.2) is 42.6 Å². The van der Waals surface area contributed by atoms with E-state index >= 15 is 0 Å². The zero-order valence-corrected chi connectivity index (χ0v) is 18.5. The highest BCUT2D eigenvalue weighted by molar-refractivity contribution is 6.01. The summed E-state index contributed by atoms with van der Waals surface area (Å²) in [6, 6.07) is 10.1. The maximum absolute atomic E-state index is 13.0. The molecule has 0 radical (unpaired) electrons. The zero-order valence-electron chi connectivity index (χ0n) is 18.5. The van der Waals surface area contributed by atoms with E-state index in [1.54, 1.807) is 53.2 Å². The zero-order chi connectivity index (χ0) is 22.9. The highest BCUT2D eigenvalue weighted by Gasteiger charge is 2.43. The van der Waals surface area contributed by atoms with Gasteiger partial charge in [0.05, 0.1) is 0 Å². The van der Waals surface area contributed by atoms with Gasteiger partial charge in [-0.3, -0.25) is 19.4 Å². The molecule has 8 nitrogen and oxygen atoms in total. The van der Waals surface area contributed by atoms with Gasteiger partial charge in [-0.15, -0.1) is 0 Å². The second kappa shape index (κ2) is 8.37. The van der Waals surface area contributed by atoms with Crippen LogP contribution in [0.4, 0.5) is 10.6 Å². The fourth-order valence-corrected chi connectivity index (χ4v) is 3.89. The van der Waals surface area contributed by atoms with Crippen LogP contribution in [0.2, 0.25) is 0 Å². The first-order valence-electron chi connectivity index (χ1n) is 10.1. The molecule has 1 atom stereocenters. The minimum absolute atomic E-state index is 0.104. The largest absolute Gasteiger partial charge is 0.465 e. The van der Waals surface area contributed by atoms with Crippen LogP contribution in [0.5, 0.6) is 0 Å². The predicted octanol–water partition coefficient (Wildman–Crippen LogP) is 3.33. The standard InChI is InChI=1S/C23H28N4O4/c1-23(2,3)27(22(30)31)18-12-13-26(21(18)29)19-11-10-15(14-24-19)16-8-6-7-9-17(16)20(28)25(4)5/h6-11,14,18H,12-13H2,1-5H3,(H,30,31)/t18-/m0/s1. The van der Waals surface area contributed by atoms with E-state index in [0.29, 0.717) is 24.3 Å². The van der Waals surface area contributed by atoms with Gasteiger partial charge < -0.3 is 10.0 Å². The van der Waals surface area contributed by atoms with Crippen molar-refractivity contribution in [3.05, 3.63) is 48.2 Å². The third kappa shape index (κ3) is 4.38. The molecule has 1 N–H and O–H groups in total. The molecule has 1 aliphatic rings. The minimum Gasteiger partial charge on any atom is -0.465 e. The summed E-state index contributed by atoms with van der Waals surface area (Å²) in [4.78, 5) is 46.0. The summed E-state index contributed by atoms with van der Waals surface area (Å²) in [6.45, 7) is 5.72. The van der Waals surface area contributed by atoms with Gasteiger partial charge in [0.25, 0.3) is 11.8 Å². The number of carboxylic acid groups (broad SMARTS) is 1. The molecular formula is C23H28N4O4. The van der Waals surface area contributed by atoms with Crippen LogP contribution >= 0.6 is 0 Å². The molecule has 0 saturated carbocycles. The Bertz CT molecular complexity index is 995. The van der Waals surface area contributed by atoms with Gasteiger partial charge in [-0.25, -0.2) is 9.78 Å². The summed E-state index contributed by atoms with van der Waals surface area (Å²) < 4.78 is 0. The quantitative estimate of drug-likeness (QED) is 0.812. The lowest BCUT2D eigenvalue weighted by Gasteiger charge is -2.36. The molecule has 164 valence electrons. The van der Waals surface area contributed by atoms with Gasteiger partial charge in [0.15, 0.2) is 0 Å². The van der Waals surface area contributed by atoms with Gasteiger partial charge in [-0.1, -0.05) is 18.2 Å². The molecule has 8 heteroatoms. The number of anilines is 1. The van der Waals surface area contributed by atoms with Crippen LogP contribution in [0, 0.1) is 0 Å². The van der Waals surface area contributed by atoms with Gasteiger partial charge in [0.1, 0.15) is 11.9 Å². The highest BCUT2D eigenvalue weighted by Crippen LogP contribution is 2.30. The topological polar surface area (TPSA) is 94.0 Å². The lowest BCUT2D eigenvalue weighted by Crippen LogP contribution is -2.54. The second-order valence-electron chi connectivity index (χ2n) is 8.77. The van der Waals surface area contributed by atoms with Gasteiger partial charge in [0.2, 0.25) is 0 Å². The monoisotopic (exact) mass is 424 g/mol. The Morgan fingerprint density at radius 3 is 2.35 bits per heavy atom. The molecule has 1 saturated heterocycles. The van der Waals surface area contributed by atoms with Gasteiger partial charge in [-0.2, -0.15) is 0 Å². The van der Waals surface area contributed by atoms with Crippen molar-refractivity contribution >= 4 is 23.7 Å². The number of pyridine rings is 1. The Kier molecular flexibility index (Phi) is 6.01. The lowest BCUT2D eigenvalue weighted by molar-refractivity contribution is -0.122. The van der Waals surface area contributed by atoms with E-state index in [0.717, 1.165) is 11.1 Å². The molecule has 1 fully saturated rings. The molecule has 3 amide bonds. The smallest absolute Gasteiger partial charge is 0.408 e. The number of nitrogens with zero attached hydrogens (tertiary/aromatic N) is 4. The third-order valence-electron chi connectivity index (χ3n) is 5.32. The number of carbonyl (C=O) groups excluding carboxylic acids is 2. The number of carbonyl (C=O) groups is 3. The first kappa shape index (κ1) is 22.3. The summed E-state index contributed by atoms with van der Waals surface area (Å²) in [6.07, 6.45) is 0.931. The van der Waals surface area contributed by atoms with E-state index in [1.165, 1.54) is 14.7 Å². The number of benzene rings is 1. The average molecular weight is 425 g/mol. The lowest BCUT2D eigenvalue weighted by atomic mass is 10.0. The van der Waals surface area contributed by atoms with Crippen molar-refractivity contribution in [3.63, 3.8) is 0 Å². The van der Waals surface area contributed by atoms with E-state index in [2.05, 4.69) is 4.98 Å². The molecule has 1 aromatic heterocycles. The van der Waals surface area contributed by atoms with E-state index in [1.807, 2.05) is 24.3 Å². The molecule has 0 spiro atoms. The Labute approximate surface area is 182 Å². The average Bonchev–Trinajstić information content (AvgIpc) is 3.07. The molecular weight excluding hydrogens is 396 g/mol. The molecule has 1 aromatic carbocycles. The molecule has 1 aliphatic heterocycles. The van der Waals surface area contributed by atoms with Gasteiger partial charge >= 0.3 is 6.09 Å². The van der Waals surface area contributed by atoms with Crippen LogP contribution in [-0.2, 0) is 4.79 Å². The maximum Gasteiger partial charge on any atom is 0.408 e. The van der Waals surface area contributed by atoms with Crippen molar-refractivity contribution in [1.82, 2.24) is 14.8 Å². The van der Waals surface area contributed by atoms with Crippen molar-refractivity contribution in [3.8, 4) is 11.1 Å². The summed E-state index contributed by atoms with van der Waals surface area (Å²) in [5.74, 6) is 0.0841. The molecule has 3 rings (SSSR count). The Morgan fingerprint density at radius 2 is 1.81 bits per heavy atom. The van der Waals surface area contributed by atoms with Crippen molar-refractivity contribution in [2.24, 2.45) is 0 Å². The number of rotatable bonds is 4. The summed E-state index contributed by atoms with van der Waals surface area (Å²) in [5, 5.41) is 9.62. The molecule has 31 heavy (non-hydrogen) atoms. The summed E-state index contributed by atoms with van der Waals surface area (Å²) >= 11 is 0. The van der Waals surface area contributed by atoms with Crippen LogP contribution in [-0.4, -0.2) is 70.0 Å². The maximum atomic E-state index is 13.0. The Balaban J connectivity index is 1.86. The van der Waals surface area contributed by atoms with Gasteiger partial charge in [-0.05, 0) is 51.0 Å².